The minimum atomic E-state index is 0.601. The van der Waals surface area contributed by atoms with E-state index in [0.717, 1.165) is 29.9 Å². The topological polar surface area (TPSA) is 78.6 Å². The van der Waals surface area contributed by atoms with Crippen molar-refractivity contribution in [2.75, 3.05) is 20.3 Å². The molecule has 4 rings (SSSR count). The second-order valence-electron chi connectivity index (χ2n) is 6.85. The summed E-state index contributed by atoms with van der Waals surface area (Å²) in [6, 6.07) is 2.93. The Hall–Kier alpha value is -2.18. The first kappa shape index (κ1) is 16.3. The number of nitrogens with zero attached hydrogens (tertiary/aromatic N) is 2. The number of aromatic amines is 2. The largest absolute Gasteiger partial charge is 0.383 e. The molecule has 1 saturated carbocycles. The molecule has 1 aliphatic carbocycles. The summed E-state index contributed by atoms with van der Waals surface area (Å²) in [6.07, 6.45) is 12.7. The summed E-state index contributed by atoms with van der Waals surface area (Å²) in [7, 11) is 1.75. The fourth-order valence-electron chi connectivity index (χ4n) is 3.88. The fourth-order valence-corrected chi connectivity index (χ4v) is 3.88. The summed E-state index contributed by atoms with van der Waals surface area (Å²) in [6.45, 7) is 1.72. The molecule has 3 N–H and O–H groups in total. The third-order valence-corrected chi connectivity index (χ3v) is 5.30. The summed E-state index contributed by atoms with van der Waals surface area (Å²) in [5, 5.41) is 11.7. The Morgan fingerprint density at radius 3 is 2.84 bits per heavy atom. The molecule has 6 nitrogen and oxygen atoms in total. The Kier molecular flexibility index (Phi) is 4.81. The molecule has 0 atom stereocenters. The number of rotatable bonds is 6. The van der Waals surface area contributed by atoms with Crippen LogP contribution in [0.1, 0.15) is 37.2 Å². The van der Waals surface area contributed by atoms with Gasteiger partial charge in [-0.15, -0.1) is 0 Å². The summed E-state index contributed by atoms with van der Waals surface area (Å²) in [5.74, 6) is 0.601. The van der Waals surface area contributed by atoms with Gasteiger partial charge >= 0.3 is 0 Å². The summed E-state index contributed by atoms with van der Waals surface area (Å²) in [4.78, 5) is 7.92. The van der Waals surface area contributed by atoms with E-state index < -0.39 is 0 Å². The second kappa shape index (κ2) is 7.37. The van der Waals surface area contributed by atoms with E-state index in [4.69, 9.17) is 4.74 Å². The van der Waals surface area contributed by atoms with Crippen LogP contribution in [0.2, 0.25) is 0 Å². The highest BCUT2D eigenvalue weighted by Crippen LogP contribution is 2.35. The van der Waals surface area contributed by atoms with Gasteiger partial charge in [0.25, 0.3) is 0 Å². The first-order chi connectivity index (χ1) is 12.3. The lowest BCUT2D eigenvalue weighted by Crippen LogP contribution is -2.34. The summed E-state index contributed by atoms with van der Waals surface area (Å²) >= 11 is 0. The van der Waals surface area contributed by atoms with E-state index >= 15 is 0 Å². The fraction of sp³-hybridized carbons (Fsp3) is 0.474. The van der Waals surface area contributed by atoms with Crippen LogP contribution in [0.5, 0.6) is 0 Å². The van der Waals surface area contributed by atoms with Gasteiger partial charge < -0.3 is 15.0 Å². The highest BCUT2D eigenvalue weighted by Gasteiger charge is 2.23. The maximum atomic E-state index is 5.12. The number of ether oxygens (including phenoxy) is 1. The van der Waals surface area contributed by atoms with Gasteiger partial charge in [0.15, 0.2) is 0 Å². The van der Waals surface area contributed by atoms with Crippen molar-refractivity contribution in [2.45, 2.75) is 37.6 Å². The van der Waals surface area contributed by atoms with Crippen molar-refractivity contribution in [3.63, 3.8) is 0 Å². The molecule has 6 heteroatoms. The van der Waals surface area contributed by atoms with Crippen molar-refractivity contribution in [3.8, 4) is 11.1 Å². The first-order valence-corrected chi connectivity index (χ1v) is 9.03. The van der Waals surface area contributed by atoms with Crippen LogP contribution in [-0.2, 0) is 4.74 Å². The van der Waals surface area contributed by atoms with Crippen molar-refractivity contribution in [1.29, 1.82) is 0 Å². The molecule has 25 heavy (non-hydrogen) atoms. The zero-order valence-corrected chi connectivity index (χ0v) is 14.6. The van der Waals surface area contributed by atoms with E-state index in [0.29, 0.717) is 12.0 Å². The minimum absolute atomic E-state index is 0.601. The van der Waals surface area contributed by atoms with Gasteiger partial charge in [-0.2, -0.15) is 5.10 Å². The molecule has 0 saturated heterocycles. The number of methoxy groups -OCH3 is 1. The molecule has 1 fully saturated rings. The summed E-state index contributed by atoms with van der Waals surface area (Å²) in [5.41, 5.74) is 4.55. The molecule has 0 unspecified atom stereocenters. The molecule has 0 amide bonds. The molecule has 0 radical (unpaired) electrons. The van der Waals surface area contributed by atoms with E-state index in [-0.39, 0.29) is 0 Å². The number of nitrogens with one attached hydrogen (secondary N) is 3. The van der Waals surface area contributed by atoms with Crippen LogP contribution in [0.15, 0.2) is 30.9 Å². The van der Waals surface area contributed by atoms with Crippen LogP contribution in [0.25, 0.3) is 22.2 Å². The van der Waals surface area contributed by atoms with E-state index in [1.807, 2.05) is 24.8 Å². The van der Waals surface area contributed by atoms with Crippen molar-refractivity contribution >= 4 is 11.0 Å². The van der Waals surface area contributed by atoms with Crippen LogP contribution in [0, 0.1) is 0 Å². The lowest BCUT2D eigenvalue weighted by atomic mass is 9.82. The standard InChI is InChI=1S/C19H25N5O/c1-25-7-6-20-16-4-2-13(3-5-16)14-8-17-18(15-10-23-24-11-15)12-22-19(17)21-9-14/h8-13,16,20H,2-7H2,1H3,(H,21,22)(H,23,24). The van der Waals surface area contributed by atoms with Gasteiger partial charge in [-0.25, -0.2) is 4.98 Å². The van der Waals surface area contributed by atoms with Gasteiger partial charge in [0.2, 0.25) is 0 Å². The summed E-state index contributed by atoms with van der Waals surface area (Å²) < 4.78 is 5.12. The normalized spacial score (nSPS) is 21.0. The Morgan fingerprint density at radius 2 is 2.08 bits per heavy atom. The lowest BCUT2D eigenvalue weighted by molar-refractivity contribution is 0.191. The van der Waals surface area contributed by atoms with Crippen LogP contribution < -0.4 is 5.32 Å². The Morgan fingerprint density at radius 1 is 1.20 bits per heavy atom. The average Bonchev–Trinajstić information content (AvgIpc) is 3.31. The molecule has 0 aliphatic heterocycles. The molecule has 0 bridgehead atoms. The van der Waals surface area contributed by atoms with Crippen LogP contribution >= 0.6 is 0 Å². The zero-order chi connectivity index (χ0) is 17.1. The maximum Gasteiger partial charge on any atom is 0.137 e. The van der Waals surface area contributed by atoms with Crippen molar-refractivity contribution in [2.24, 2.45) is 0 Å². The molecule has 0 aromatic carbocycles. The van der Waals surface area contributed by atoms with Gasteiger partial charge in [-0.3, -0.25) is 5.10 Å². The molecule has 3 aromatic rings. The van der Waals surface area contributed by atoms with Gasteiger partial charge in [0.1, 0.15) is 5.65 Å². The van der Waals surface area contributed by atoms with E-state index in [1.165, 1.54) is 36.6 Å². The predicted octanol–water partition coefficient (Wildman–Crippen LogP) is 3.22. The monoisotopic (exact) mass is 339 g/mol. The van der Waals surface area contributed by atoms with Crippen LogP contribution in [0.3, 0.4) is 0 Å². The maximum absolute atomic E-state index is 5.12. The highest BCUT2D eigenvalue weighted by molar-refractivity contribution is 5.93. The van der Waals surface area contributed by atoms with Gasteiger partial charge in [0.05, 0.1) is 12.8 Å². The molecular formula is C19H25N5O. The number of hydrogen-bond donors (Lipinski definition) is 3. The van der Waals surface area contributed by atoms with E-state index in [1.54, 1.807) is 7.11 Å². The van der Waals surface area contributed by atoms with Gasteiger partial charge in [-0.1, -0.05) is 0 Å². The molecule has 132 valence electrons. The zero-order valence-electron chi connectivity index (χ0n) is 14.6. The van der Waals surface area contributed by atoms with Crippen molar-refractivity contribution in [3.05, 3.63) is 36.4 Å². The number of fused-ring (bicyclic) bond motifs is 1. The molecule has 0 spiro atoms. The highest BCUT2D eigenvalue weighted by atomic mass is 16.5. The predicted molar refractivity (Wildman–Crippen MR) is 98.6 cm³/mol. The minimum Gasteiger partial charge on any atom is -0.383 e. The van der Waals surface area contributed by atoms with E-state index in [2.05, 4.69) is 31.5 Å². The molecule has 3 aromatic heterocycles. The van der Waals surface area contributed by atoms with E-state index in [9.17, 15) is 0 Å². The SMILES string of the molecule is COCCNC1CCC(c2cnc3[nH]cc(-c4cn[nH]c4)c3c2)CC1. The quantitative estimate of drug-likeness (QED) is 0.603. The van der Waals surface area contributed by atoms with Crippen LogP contribution in [-0.4, -0.2) is 46.5 Å². The third-order valence-electron chi connectivity index (χ3n) is 5.30. The number of aromatic nitrogens is 4. The molecular weight excluding hydrogens is 314 g/mol. The Labute approximate surface area is 147 Å². The molecule has 3 heterocycles. The smallest absolute Gasteiger partial charge is 0.137 e. The second-order valence-corrected chi connectivity index (χ2v) is 6.85. The first-order valence-electron chi connectivity index (χ1n) is 9.03. The third kappa shape index (κ3) is 3.45. The Balaban J connectivity index is 1.48. The van der Waals surface area contributed by atoms with Gasteiger partial charge in [0, 0.05) is 54.8 Å². The van der Waals surface area contributed by atoms with Crippen molar-refractivity contribution < 1.29 is 4.74 Å². The van der Waals surface area contributed by atoms with Gasteiger partial charge in [-0.05, 0) is 43.2 Å². The number of pyridine rings is 1. The Bertz CT molecular complexity index is 802. The molecule has 1 aliphatic rings. The average molecular weight is 339 g/mol. The lowest BCUT2D eigenvalue weighted by Gasteiger charge is -2.29. The van der Waals surface area contributed by atoms with Crippen molar-refractivity contribution in [1.82, 2.24) is 25.5 Å². The number of H-pyrrole nitrogens is 2. The van der Waals surface area contributed by atoms with Crippen LogP contribution in [0.4, 0.5) is 0 Å². The number of hydrogen-bond acceptors (Lipinski definition) is 4.